The van der Waals surface area contributed by atoms with Crippen molar-refractivity contribution in [3.8, 4) is 0 Å². The van der Waals surface area contributed by atoms with E-state index in [-0.39, 0.29) is 12.5 Å². The quantitative estimate of drug-likeness (QED) is 0.0261. The number of rotatable bonds is 52. The zero-order valence-corrected chi connectivity index (χ0v) is 47.1. The van der Waals surface area contributed by atoms with Gasteiger partial charge in [0.15, 0.2) is 6.29 Å². The highest BCUT2D eigenvalue weighted by molar-refractivity contribution is 5.76. The molecule has 1 saturated heterocycles. The first kappa shape index (κ1) is 68.6. The van der Waals surface area contributed by atoms with E-state index in [9.17, 15) is 30.3 Å². The largest absolute Gasteiger partial charge is 0.394 e. The highest BCUT2D eigenvalue weighted by Gasteiger charge is 2.44. The Morgan fingerprint density at radius 2 is 0.822 bits per heavy atom. The average Bonchev–Trinajstić information content (AvgIpc) is 3.39. The van der Waals surface area contributed by atoms with E-state index in [1.165, 1.54) is 186 Å². The molecule has 1 fully saturated rings. The number of nitrogens with one attached hydrogen (secondary N) is 1. The Bertz CT molecular complexity index is 1380. The number of unbranched alkanes of at least 4 members (excludes halogenated alkanes) is 32. The van der Waals surface area contributed by atoms with Crippen LogP contribution in [0.25, 0.3) is 0 Å². The number of hydrogen-bond donors (Lipinski definition) is 6. The fraction of sp³-hybridized carbons (Fsp3) is 0.797. The van der Waals surface area contributed by atoms with Crippen LogP contribution in [0.3, 0.4) is 0 Å². The van der Waals surface area contributed by atoms with E-state index in [2.05, 4.69) is 79.9 Å². The second-order valence-electron chi connectivity index (χ2n) is 21.1. The lowest BCUT2D eigenvalue weighted by atomic mass is 9.99. The molecule has 7 unspecified atom stereocenters. The van der Waals surface area contributed by atoms with Crippen LogP contribution in [-0.4, -0.2) is 87.5 Å². The van der Waals surface area contributed by atoms with E-state index in [0.717, 1.165) is 64.2 Å². The number of aliphatic hydroxyl groups excluding tert-OH is 5. The van der Waals surface area contributed by atoms with E-state index >= 15 is 0 Å². The zero-order valence-electron chi connectivity index (χ0n) is 47.1. The van der Waals surface area contributed by atoms with Gasteiger partial charge < -0.3 is 40.3 Å². The SMILES string of the molecule is CCCCC/C=C/CC/C=C/CC/C=C/C(O)C(COC1OC(CO)C(O)C(O)C1O)NC(=O)CCCCCCCCCCCCCCCCCCCCCCCC/C=C\C/C=C\C/C=C\CCCCCCC. The number of aliphatic hydroxyl groups is 5. The summed E-state index contributed by atoms with van der Waals surface area (Å²) in [5, 5.41) is 54.4. The highest BCUT2D eigenvalue weighted by Crippen LogP contribution is 2.23. The van der Waals surface area contributed by atoms with Crippen molar-refractivity contribution in [3.05, 3.63) is 72.9 Å². The molecule has 0 spiro atoms. The molecule has 0 aliphatic carbocycles. The maximum atomic E-state index is 13.0. The van der Waals surface area contributed by atoms with Crippen LogP contribution in [0, 0.1) is 0 Å². The molecule has 9 heteroatoms. The number of allylic oxidation sites excluding steroid dienone is 11. The number of carbonyl (C=O) groups excluding carboxylic acids is 1. The van der Waals surface area contributed by atoms with Gasteiger partial charge in [-0.15, -0.1) is 0 Å². The molecule has 0 bridgehead atoms. The van der Waals surface area contributed by atoms with E-state index in [1.54, 1.807) is 6.08 Å². The van der Waals surface area contributed by atoms with Crippen molar-refractivity contribution in [1.82, 2.24) is 5.32 Å². The standard InChI is InChI=1S/C64H115NO8/c1-3-5-7-9-11-13-15-17-18-19-20-21-22-23-24-25-26-27-28-29-30-31-32-33-34-35-36-37-38-39-40-42-44-46-48-50-52-54-60(68)65-57(56-72-64-63(71)62(70)61(69)59(55-66)73-64)58(67)53-51-49-47-45-43-41-16-14-12-10-8-6-4-2/h12,14-15,17,19-20,22-23,43,45,51,53,57-59,61-64,66-67,69-71H,3-11,13,16,18,21,24-42,44,46-50,52,54-56H2,1-2H3,(H,65,68)/b14-12+,17-15-,20-19-,23-22-,45-43+,53-51+. The third-order valence-electron chi connectivity index (χ3n) is 14.2. The lowest BCUT2D eigenvalue weighted by Crippen LogP contribution is -2.60. The number of carbonyl (C=O) groups is 1. The van der Waals surface area contributed by atoms with Crippen molar-refractivity contribution in [3.63, 3.8) is 0 Å². The first-order valence-electron chi connectivity index (χ1n) is 30.7. The van der Waals surface area contributed by atoms with Crippen molar-refractivity contribution >= 4 is 5.91 Å². The number of hydrogen-bond acceptors (Lipinski definition) is 8. The van der Waals surface area contributed by atoms with Crippen LogP contribution in [-0.2, 0) is 14.3 Å². The third kappa shape index (κ3) is 42.4. The summed E-state index contributed by atoms with van der Waals surface area (Å²) < 4.78 is 11.2. The maximum Gasteiger partial charge on any atom is 0.220 e. The van der Waals surface area contributed by atoms with E-state index < -0.39 is 49.5 Å². The summed E-state index contributed by atoms with van der Waals surface area (Å²) in [7, 11) is 0. The van der Waals surface area contributed by atoms with Crippen molar-refractivity contribution < 1.29 is 39.8 Å². The molecule has 7 atom stereocenters. The first-order chi connectivity index (χ1) is 35.8. The molecular weight excluding hydrogens is 911 g/mol. The average molecular weight is 1030 g/mol. The molecule has 0 aromatic carbocycles. The third-order valence-corrected chi connectivity index (χ3v) is 14.2. The molecule has 1 aliphatic heterocycles. The van der Waals surface area contributed by atoms with Gasteiger partial charge in [0.25, 0.3) is 0 Å². The number of ether oxygens (including phenoxy) is 2. The summed E-state index contributed by atoms with van der Waals surface area (Å²) in [6, 6.07) is -0.828. The summed E-state index contributed by atoms with van der Waals surface area (Å²) in [5.41, 5.74) is 0. The molecule has 424 valence electrons. The second kappa shape index (κ2) is 53.0. The van der Waals surface area contributed by atoms with Crippen LogP contribution in [0.5, 0.6) is 0 Å². The van der Waals surface area contributed by atoms with Gasteiger partial charge in [0.1, 0.15) is 24.4 Å². The summed E-state index contributed by atoms with van der Waals surface area (Å²) in [6.07, 6.45) is 67.2. The minimum atomic E-state index is -1.58. The van der Waals surface area contributed by atoms with Crippen molar-refractivity contribution in [2.24, 2.45) is 0 Å². The van der Waals surface area contributed by atoms with Crippen LogP contribution >= 0.6 is 0 Å². The fourth-order valence-electron chi connectivity index (χ4n) is 9.37. The molecule has 1 rings (SSSR count). The molecule has 0 aromatic rings. The zero-order chi connectivity index (χ0) is 52.9. The second-order valence-corrected chi connectivity index (χ2v) is 21.1. The van der Waals surface area contributed by atoms with Crippen molar-refractivity contribution in [1.29, 1.82) is 0 Å². The Balaban J connectivity index is 2.08. The van der Waals surface area contributed by atoms with Gasteiger partial charge >= 0.3 is 0 Å². The molecule has 1 amide bonds. The summed E-state index contributed by atoms with van der Waals surface area (Å²) in [6.45, 7) is 3.72. The maximum absolute atomic E-state index is 13.0. The molecule has 0 aromatic heterocycles. The Kier molecular flexibility index (Phi) is 49.9. The normalized spacial score (nSPS) is 19.6. The first-order valence-corrected chi connectivity index (χ1v) is 30.7. The summed E-state index contributed by atoms with van der Waals surface area (Å²) >= 11 is 0. The van der Waals surface area contributed by atoms with E-state index in [0.29, 0.717) is 6.42 Å². The van der Waals surface area contributed by atoms with Crippen LogP contribution in [0.15, 0.2) is 72.9 Å². The Hall–Kier alpha value is -2.37. The Morgan fingerprint density at radius 3 is 1.27 bits per heavy atom. The Labute approximate surface area is 448 Å². The van der Waals surface area contributed by atoms with E-state index in [4.69, 9.17) is 9.47 Å². The molecule has 0 radical (unpaired) electrons. The molecule has 1 aliphatic rings. The van der Waals surface area contributed by atoms with Gasteiger partial charge in [-0.3, -0.25) is 4.79 Å². The topological polar surface area (TPSA) is 149 Å². The summed E-state index contributed by atoms with van der Waals surface area (Å²) in [4.78, 5) is 13.0. The minimum absolute atomic E-state index is 0.190. The van der Waals surface area contributed by atoms with Crippen LogP contribution in [0.1, 0.15) is 271 Å². The van der Waals surface area contributed by atoms with Gasteiger partial charge in [0, 0.05) is 6.42 Å². The van der Waals surface area contributed by atoms with Crippen LogP contribution in [0.2, 0.25) is 0 Å². The van der Waals surface area contributed by atoms with Crippen molar-refractivity contribution in [2.45, 2.75) is 314 Å². The lowest BCUT2D eigenvalue weighted by molar-refractivity contribution is -0.302. The van der Waals surface area contributed by atoms with Crippen molar-refractivity contribution in [2.75, 3.05) is 13.2 Å². The lowest BCUT2D eigenvalue weighted by Gasteiger charge is -2.40. The van der Waals surface area contributed by atoms with E-state index in [1.807, 2.05) is 6.08 Å². The van der Waals surface area contributed by atoms with Crippen LogP contribution in [0.4, 0.5) is 0 Å². The molecular formula is C64H115NO8. The molecule has 1 heterocycles. The van der Waals surface area contributed by atoms with Gasteiger partial charge in [-0.05, 0) is 83.5 Å². The minimum Gasteiger partial charge on any atom is -0.394 e. The van der Waals surface area contributed by atoms with Gasteiger partial charge in [0.05, 0.1) is 25.4 Å². The van der Waals surface area contributed by atoms with Gasteiger partial charge in [-0.1, -0.05) is 254 Å². The number of amides is 1. The van der Waals surface area contributed by atoms with Gasteiger partial charge in [-0.25, -0.2) is 0 Å². The fourth-order valence-corrected chi connectivity index (χ4v) is 9.37. The molecule has 73 heavy (non-hydrogen) atoms. The predicted molar refractivity (Wildman–Crippen MR) is 309 cm³/mol. The molecule has 9 nitrogen and oxygen atoms in total. The monoisotopic (exact) mass is 1030 g/mol. The Morgan fingerprint density at radius 1 is 0.466 bits per heavy atom. The summed E-state index contributed by atoms with van der Waals surface area (Å²) in [5.74, 6) is -0.190. The van der Waals surface area contributed by atoms with Gasteiger partial charge in [0.2, 0.25) is 5.91 Å². The molecule has 6 N–H and O–H groups in total. The highest BCUT2D eigenvalue weighted by atomic mass is 16.7. The smallest absolute Gasteiger partial charge is 0.220 e. The molecule has 0 saturated carbocycles. The van der Waals surface area contributed by atoms with Crippen LogP contribution < -0.4 is 5.32 Å². The predicted octanol–water partition coefficient (Wildman–Crippen LogP) is 15.6. The van der Waals surface area contributed by atoms with Gasteiger partial charge in [-0.2, -0.15) is 0 Å².